The van der Waals surface area contributed by atoms with E-state index in [-0.39, 0.29) is 22.1 Å². The van der Waals surface area contributed by atoms with Gasteiger partial charge in [0, 0.05) is 22.4 Å². The molecular weight excluding hydrogens is 429 g/mol. The van der Waals surface area contributed by atoms with Gasteiger partial charge in [-0.15, -0.1) is 0 Å². The van der Waals surface area contributed by atoms with E-state index >= 15 is 0 Å². The van der Waals surface area contributed by atoms with Gasteiger partial charge in [0.2, 0.25) is 10.0 Å². The zero-order valence-corrected chi connectivity index (χ0v) is 15.2. The van der Waals surface area contributed by atoms with Crippen LogP contribution in [0.25, 0.3) is 0 Å². The summed E-state index contributed by atoms with van der Waals surface area (Å²) in [5.74, 6) is -2.72. The Hall–Kier alpha value is -1.78. The number of aromatic nitrogens is 2. The third-order valence-electron chi connectivity index (χ3n) is 2.80. The summed E-state index contributed by atoms with van der Waals surface area (Å²) in [5, 5.41) is -0.0623. The van der Waals surface area contributed by atoms with Crippen molar-refractivity contribution in [3.05, 3.63) is 51.1 Å². The lowest BCUT2D eigenvalue weighted by molar-refractivity contribution is 0.0595. The number of carbonyl (C=O) groups excluding carboxylic acids is 1. The number of sulfonamides is 1. The van der Waals surface area contributed by atoms with E-state index in [0.717, 1.165) is 13.2 Å². The SMILES string of the molecule is COC(=O)c1nccnc1NS(=O)(=O)Cc1c(F)ccc(Br)c1Cl. The van der Waals surface area contributed by atoms with Crippen molar-refractivity contribution in [1.29, 1.82) is 0 Å². The van der Waals surface area contributed by atoms with Crippen molar-refractivity contribution < 1.29 is 22.3 Å². The van der Waals surface area contributed by atoms with E-state index in [1.807, 2.05) is 0 Å². The number of ether oxygens (including phenoxy) is 1. The second kappa shape index (κ2) is 7.41. The summed E-state index contributed by atoms with van der Waals surface area (Å²) in [6, 6.07) is 2.45. The molecule has 0 saturated carbocycles. The van der Waals surface area contributed by atoms with E-state index in [1.165, 1.54) is 18.5 Å². The number of carbonyl (C=O) groups is 1. The fourth-order valence-electron chi connectivity index (χ4n) is 1.73. The predicted octanol–water partition coefficient (Wildman–Crippen LogP) is 2.76. The Bertz CT molecular complexity index is 895. The fourth-order valence-corrected chi connectivity index (χ4v) is 3.58. The van der Waals surface area contributed by atoms with Gasteiger partial charge >= 0.3 is 5.97 Å². The van der Waals surface area contributed by atoms with Crippen molar-refractivity contribution in [2.75, 3.05) is 11.8 Å². The molecule has 7 nitrogen and oxygen atoms in total. The second-order valence-corrected chi connectivity index (χ2v) is 7.38. The average Bonchev–Trinajstić information content (AvgIpc) is 2.54. The highest BCUT2D eigenvalue weighted by Crippen LogP contribution is 2.30. The van der Waals surface area contributed by atoms with Gasteiger partial charge in [0.25, 0.3) is 0 Å². The van der Waals surface area contributed by atoms with E-state index in [0.29, 0.717) is 4.47 Å². The minimum absolute atomic E-state index is 0.0623. The standard InChI is InChI=1S/C13H10BrClFN3O4S/c1-23-13(20)11-12(18-5-4-17-11)19-24(21,22)6-7-9(16)3-2-8(14)10(7)15/h2-5H,6H2,1H3,(H,18,19). The second-order valence-electron chi connectivity index (χ2n) is 4.43. The van der Waals surface area contributed by atoms with Gasteiger partial charge in [-0.2, -0.15) is 0 Å². The Kier molecular flexibility index (Phi) is 5.73. The molecule has 0 atom stereocenters. The zero-order valence-electron chi connectivity index (χ0n) is 12.1. The Balaban J connectivity index is 2.35. The maximum atomic E-state index is 13.9. The summed E-state index contributed by atoms with van der Waals surface area (Å²) >= 11 is 9.03. The molecule has 0 radical (unpaired) electrons. The van der Waals surface area contributed by atoms with Gasteiger partial charge < -0.3 is 4.74 Å². The molecule has 1 heterocycles. The Morgan fingerprint density at radius 1 is 1.38 bits per heavy atom. The number of nitrogens with one attached hydrogen (secondary N) is 1. The summed E-state index contributed by atoms with van der Waals surface area (Å²) in [7, 11) is -3.00. The molecule has 11 heteroatoms. The van der Waals surface area contributed by atoms with Crippen LogP contribution in [0.1, 0.15) is 16.1 Å². The van der Waals surface area contributed by atoms with E-state index in [4.69, 9.17) is 11.6 Å². The number of benzene rings is 1. The van der Waals surface area contributed by atoms with Crippen LogP contribution in [0.2, 0.25) is 5.02 Å². The molecule has 0 spiro atoms. The molecule has 0 amide bonds. The molecule has 0 aliphatic heterocycles. The lowest BCUT2D eigenvalue weighted by Gasteiger charge is -2.11. The number of esters is 1. The molecule has 1 aromatic heterocycles. The normalized spacial score (nSPS) is 11.2. The highest BCUT2D eigenvalue weighted by molar-refractivity contribution is 9.10. The number of rotatable bonds is 5. The number of hydrogen-bond acceptors (Lipinski definition) is 6. The number of halogens is 3. The minimum Gasteiger partial charge on any atom is -0.464 e. The third kappa shape index (κ3) is 4.19. The molecule has 24 heavy (non-hydrogen) atoms. The van der Waals surface area contributed by atoms with Gasteiger partial charge in [0.05, 0.1) is 17.9 Å². The van der Waals surface area contributed by atoms with Crippen LogP contribution in [0, 0.1) is 5.82 Å². The molecule has 2 aromatic rings. The number of hydrogen-bond donors (Lipinski definition) is 1. The summed E-state index contributed by atoms with van der Waals surface area (Å²) < 4.78 is 45.3. The van der Waals surface area contributed by atoms with Crippen LogP contribution in [0.4, 0.5) is 10.2 Å². The first kappa shape index (κ1) is 18.6. The van der Waals surface area contributed by atoms with Crippen LogP contribution >= 0.6 is 27.5 Å². The van der Waals surface area contributed by atoms with Crippen LogP contribution in [-0.4, -0.2) is 31.5 Å². The zero-order chi connectivity index (χ0) is 17.9. The summed E-state index contributed by atoms with van der Waals surface area (Å²) in [6.07, 6.45) is 2.39. The predicted molar refractivity (Wildman–Crippen MR) is 88.7 cm³/mol. The Morgan fingerprint density at radius 2 is 2.04 bits per heavy atom. The van der Waals surface area contributed by atoms with Crippen LogP contribution < -0.4 is 4.72 Å². The molecule has 0 saturated heterocycles. The molecule has 0 aliphatic carbocycles. The lowest BCUT2D eigenvalue weighted by atomic mass is 10.2. The number of methoxy groups -OCH3 is 1. The van der Waals surface area contributed by atoms with Crippen molar-refractivity contribution in [2.24, 2.45) is 0 Å². The van der Waals surface area contributed by atoms with Crippen molar-refractivity contribution in [3.8, 4) is 0 Å². The Morgan fingerprint density at radius 3 is 2.71 bits per heavy atom. The maximum absolute atomic E-state index is 13.9. The topological polar surface area (TPSA) is 98.2 Å². The van der Waals surface area contributed by atoms with Crippen LogP contribution in [0.5, 0.6) is 0 Å². The first-order valence-electron chi connectivity index (χ1n) is 6.27. The smallest absolute Gasteiger partial charge is 0.360 e. The van der Waals surface area contributed by atoms with E-state index in [9.17, 15) is 17.6 Å². The molecule has 1 N–H and O–H groups in total. The summed E-state index contributed by atoms with van der Waals surface area (Å²) in [5.41, 5.74) is -0.536. The molecular formula is C13H10BrClFN3O4S. The first-order valence-corrected chi connectivity index (χ1v) is 9.09. The lowest BCUT2D eigenvalue weighted by Crippen LogP contribution is -2.20. The molecule has 0 fully saturated rings. The van der Waals surface area contributed by atoms with Crippen molar-refractivity contribution in [3.63, 3.8) is 0 Å². The van der Waals surface area contributed by atoms with Crippen molar-refractivity contribution in [1.82, 2.24) is 9.97 Å². The Labute approximate surface area is 150 Å². The van der Waals surface area contributed by atoms with E-state index in [2.05, 4.69) is 35.4 Å². The van der Waals surface area contributed by atoms with Crippen molar-refractivity contribution >= 4 is 49.3 Å². The third-order valence-corrected chi connectivity index (χ3v) is 5.30. The first-order chi connectivity index (χ1) is 11.2. The summed E-state index contributed by atoms with van der Waals surface area (Å²) in [6.45, 7) is 0. The van der Waals surface area contributed by atoms with Gasteiger partial charge in [-0.3, -0.25) is 4.72 Å². The van der Waals surface area contributed by atoms with E-state index < -0.39 is 27.6 Å². The molecule has 0 unspecified atom stereocenters. The van der Waals surface area contributed by atoms with Gasteiger partial charge in [-0.25, -0.2) is 27.6 Å². The monoisotopic (exact) mass is 437 g/mol. The largest absolute Gasteiger partial charge is 0.464 e. The number of nitrogens with zero attached hydrogens (tertiary/aromatic N) is 2. The molecule has 0 bridgehead atoms. The number of anilines is 1. The van der Waals surface area contributed by atoms with E-state index in [1.54, 1.807) is 0 Å². The average molecular weight is 439 g/mol. The minimum atomic E-state index is -4.12. The molecule has 128 valence electrons. The fraction of sp³-hybridized carbons (Fsp3) is 0.154. The quantitative estimate of drug-likeness (QED) is 0.569. The van der Waals surface area contributed by atoms with Gasteiger partial charge in [0.15, 0.2) is 11.5 Å². The molecule has 1 aromatic carbocycles. The highest BCUT2D eigenvalue weighted by Gasteiger charge is 2.23. The van der Waals surface area contributed by atoms with Crippen molar-refractivity contribution in [2.45, 2.75) is 5.75 Å². The summed E-state index contributed by atoms with van der Waals surface area (Å²) in [4.78, 5) is 19.1. The van der Waals surface area contributed by atoms with Crippen LogP contribution in [0.15, 0.2) is 29.0 Å². The highest BCUT2D eigenvalue weighted by atomic mass is 79.9. The van der Waals surface area contributed by atoms with Crippen LogP contribution in [-0.2, 0) is 20.5 Å². The van der Waals surface area contributed by atoms with Gasteiger partial charge in [-0.1, -0.05) is 11.6 Å². The molecule has 0 aliphatic rings. The van der Waals surface area contributed by atoms with Gasteiger partial charge in [-0.05, 0) is 28.1 Å². The maximum Gasteiger partial charge on any atom is 0.360 e. The molecule has 2 rings (SSSR count). The van der Waals surface area contributed by atoms with Crippen LogP contribution in [0.3, 0.4) is 0 Å². The van der Waals surface area contributed by atoms with Gasteiger partial charge in [0.1, 0.15) is 5.82 Å².